The number of halogens is 1. The summed E-state index contributed by atoms with van der Waals surface area (Å²) in [7, 11) is 0. The summed E-state index contributed by atoms with van der Waals surface area (Å²) in [6.45, 7) is 1.85. The molecule has 0 aliphatic rings. The van der Waals surface area contributed by atoms with Gasteiger partial charge in [-0.15, -0.1) is 0 Å². The number of hydrogen-bond donors (Lipinski definition) is 2. The SMILES string of the molecule is Cc1ccnc(Nc2ccc(C(=O)O)cc2Cl)n1. The van der Waals surface area contributed by atoms with Gasteiger partial charge in [0, 0.05) is 11.9 Å². The van der Waals surface area contributed by atoms with Crippen LogP contribution in [0.1, 0.15) is 16.1 Å². The van der Waals surface area contributed by atoms with Gasteiger partial charge in [0.25, 0.3) is 0 Å². The number of hydrogen-bond acceptors (Lipinski definition) is 4. The zero-order valence-electron chi connectivity index (χ0n) is 9.51. The largest absolute Gasteiger partial charge is 0.478 e. The molecule has 0 fully saturated rings. The summed E-state index contributed by atoms with van der Waals surface area (Å²) in [6.07, 6.45) is 1.63. The van der Waals surface area contributed by atoms with Gasteiger partial charge < -0.3 is 10.4 Å². The van der Waals surface area contributed by atoms with Gasteiger partial charge >= 0.3 is 5.97 Å². The summed E-state index contributed by atoms with van der Waals surface area (Å²) in [4.78, 5) is 19.0. The van der Waals surface area contributed by atoms with Crippen LogP contribution in [0.5, 0.6) is 0 Å². The number of carbonyl (C=O) groups is 1. The molecule has 0 saturated carbocycles. The molecule has 0 amide bonds. The lowest BCUT2D eigenvalue weighted by molar-refractivity contribution is 0.0697. The summed E-state index contributed by atoms with van der Waals surface area (Å²) in [5.41, 5.74) is 1.52. The molecule has 1 aromatic heterocycles. The fourth-order valence-corrected chi connectivity index (χ4v) is 1.61. The Morgan fingerprint density at radius 2 is 2.17 bits per heavy atom. The fraction of sp³-hybridized carbons (Fsp3) is 0.0833. The molecule has 2 N–H and O–H groups in total. The quantitative estimate of drug-likeness (QED) is 0.891. The van der Waals surface area contributed by atoms with E-state index in [1.165, 1.54) is 12.1 Å². The first-order chi connectivity index (χ1) is 8.56. The van der Waals surface area contributed by atoms with Crippen LogP contribution in [-0.4, -0.2) is 21.0 Å². The summed E-state index contributed by atoms with van der Waals surface area (Å²) < 4.78 is 0. The molecule has 0 unspecified atom stereocenters. The van der Waals surface area contributed by atoms with Crippen LogP contribution >= 0.6 is 11.6 Å². The first kappa shape index (κ1) is 12.3. The predicted molar refractivity (Wildman–Crippen MR) is 68.5 cm³/mol. The van der Waals surface area contributed by atoms with Crippen LogP contribution in [-0.2, 0) is 0 Å². The smallest absolute Gasteiger partial charge is 0.335 e. The van der Waals surface area contributed by atoms with E-state index in [1.54, 1.807) is 18.3 Å². The normalized spacial score (nSPS) is 10.1. The average Bonchev–Trinajstić information content (AvgIpc) is 2.31. The van der Waals surface area contributed by atoms with Crippen LogP contribution < -0.4 is 5.32 Å². The summed E-state index contributed by atoms with van der Waals surface area (Å²) >= 11 is 5.98. The van der Waals surface area contributed by atoms with Gasteiger partial charge in [0.15, 0.2) is 0 Å². The Kier molecular flexibility index (Phi) is 3.43. The van der Waals surface area contributed by atoms with Crippen molar-refractivity contribution in [1.82, 2.24) is 9.97 Å². The van der Waals surface area contributed by atoms with Gasteiger partial charge in [-0.2, -0.15) is 0 Å². The minimum Gasteiger partial charge on any atom is -0.478 e. The van der Waals surface area contributed by atoms with E-state index in [9.17, 15) is 4.79 Å². The van der Waals surface area contributed by atoms with E-state index in [-0.39, 0.29) is 5.56 Å². The number of nitrogens with one attached hydrogen (secondary N) is 1. The number of aromatic carboxylic acids is 1. The minimum absolute atomic E-state index is 0.135. The standard InChI is InChI=1S/C12H10ClN3O2/c1-7-4-5-14-12(15-7)16-10-3-2-8(11(17)18)6-9(10)13/h2-6H,1H3,(H,17,18)(H,14,15,16). The van der Waals surface area contributed by atoms with Crippen molar-refractivity contribution in [2.24, 2.45) is 0 Å². The second-order valence-corrected chi connectivity index (χ2v) is 4.05. The van der Waals surface area contributed by atoms with Crippen molar-refractivity contribution in [3.05, 3.63) is 46.7 Å². The number of carboxylic acid groups (broad SMARTS) is 1. The Balaban J connectivity index is 2.27. The third kappa shape index (κ3) is 2.75. The maximum atomic E-state index is 10.8. The maximum Gasteiger partial charge on any atom is 0.335 e. The maximum absolute atomic E-state index is 10.8. The third-order valence-corrected chi connectivity index (χ3v) is 2.57. The lowest BCUT2D eigenvalue weighted by Crippen LogP contribution is -2.00. The van der Waals surface area contributed by atoms with Crippen LogP contribution in [0.2, 0.25) is 5.02 Å². The van der Waals surface area contributed by atoms with Gasteiger partial charge in [-0.05, 0) is 31.2 Å². The molecule has 0 saturated heterocycles. The first-order valence-corrected chi connectivity index (χ1v) is 5.53. The molecule has 0 aliphatic heterocycles. The number of aryl methyl sites for hydroxylation is 1. The van der Waals surface area contributed by atoms with E-state index in [0.717, 1.165) is 5.69 Å². The highest BCUT2D eigenvalue weighted by atomic mass is 35.5. The van der Waals surface area contributed by atoms with Crippen molar-refractivity contribution in [3.8, 4) is 0 Å². The van der Waals surface area contributed by atoms with Gasteiger partial charge in [-0.25, -0.2) is 14.8 Å². The number of aromatic nitrogens is 2. The average molecular weight is 264 g/mol. The van der Waals surface area contributed by atoms with Crippen molar-refractivity contribution in [2.75, 3.05) is 5.32 Å². The Morgan fingerprint density at radius 1 is 1.39 bits per heavy atom. The van der Waals surface area contributed by atoms with Crippen LogP contribution in [0, 0.1) is 6.92 Å². The van der Waals surface area contributed by atoms with E-state index in [1.807, 2.05) is 6.92 Å². The predicted octanol–water partition coefficient (Wildman–Crippen LogP) is 2.88. The second kappa shape index (κ2) is 5.01. The highest BCUT2D eigenvalue weighted by Gasteiger charge is 2.08. The number of benzene rings is 1. The molecule has 2 aromatic rings. The molecule has 0 atom stereocenters. The lowest BCUT2D eigenvalue weighted by atomic mass is 10.2. The molecular weight excluding hydrogens is 254 g/mol. The zero-order chi connectivity index (χ0) is 13.1. The second-order valence-electron chi connectivity index (χ2n) is 3.65. The van der Waals surface area contributed by atoms with Gasteiger partial charge in [0.05, 0.1) is 16.3 Å². The molecule has 6 heteroatoms. The summed E-state index contributed by atoms with van der Waals surface area (Å²) in [5, 5.41) is 12.1. The highest BCUT2D eigenvalue weighted by Crippen LogP contribution is 2.25. The van der Waals surface area contributed by atoms with Crippen LogP contribution in [0.15, 0.2) is 30.5 Å². The fourth-order valence-electron chi connectivity index (χ4n) is 1.38. The molecule has 2 rings (SSSR count). The Bertz CT molecular complexity index is 602. The highest BCUT2D eigenvalue weighted by molar-refractivity contribution is 6.33. The molecule has 1 aromatic carbocycles. The monoisotopic (exact) mass is 263 g/mol. The van der Waals surface area contributed by atoms with Gasteiger partial charge in [0.1, 0.15) is 0 Å². The molecule has 92 valence electrons. The minimum atomic E-state index is -1.02. The Labute approximate surface area is 108 Å². The topological polar surface area (TPSA) is 75.1 Å². The molecule has 0 radical (unpaired) electrons. The van der Waals surface area contributed by atoms with E-state index in [4.69, 9.17) is 16.7 Å². The van der Waals surface area contributed by atoms with Crippen molar-refractivity contribution in [2.45, 2.75) is 6.92 Å². The number of anilines is 2. The molecular formula is C12H10ClN3O2. The van der Waals surface area contributed by atoms with E-state index in [2.05, 4.69) is 15.3 Å². The first-order valence-electron chi connectivity index (χ1n) is 5.16. The van der Waals surface area contributed by atoms with Crippen molar-refractivity contribution < 1.29 is 9.90 Å². The molecule has 0 spiro atoms. The summed E-state index contributed by atoms with van der Waals surface area (Å²) in [6, 6.07) is 6.20. The number of carboxylic acids is 1. The van der Waals surface area contributed by atoms with Gasteiger partial charge in [0.2, 0.25) is 5.95 Å². The molecule has 1 heterocycles. The van der Waals surface area contributed by atoms with Crippen molar-refractivity contribution >= 4 is 29.2 Å². The summed E-state index contributed by atoms with van der Waals surface area (Å²) in [5.74, 6) is -0.602. The van der Waals surface area contributed by atoms with E-state index >= 15 is 0 Å². The van der Waals surface area contributed by atoms with Gasteiger partial charge in [-0.3, -0.25) is 0 Å². The zero-order valence-corrected chi connectivity index (χ0v) is 10.3. The Morgan fingerprint density at radius 3 is 2.78 bits per heavy atom. The van der Waals surface area contributed by atoms with Crippen LogP contribution in [0.4, 0.5) is 11.6 Å². The number of nitrogens with zero attached hydrogens (tertiary/aromatic N) is 2. The van der Waals surface area contributed by atoms with Crippen molar-refractivity contribution in [1.29, 1.82) is 0 Å². The molecule has 0 bridgehead atoms. The van der Waals surface area contributed by atoms with Crippen LogP contribution in [0.25, 0.3) is 0 Å². The lowest BCUT2D eigenvalue weighted by Gasteiger charge is -2.07. The molecule has 18 heavy (non-hydrogen) atoms. The van der Waals surface area contributed by atoms with Gasteiger partial charge in [-0.1, -0.05) is 11.6 Å². The Hall–Kier alpha value is -2.14. The third-order valence-electron chi connectivity index (χ3n) is 2.26. The van der Waals surface area contributed by atoms with E-state index < -0.39 is 5.97 Å². The number of rotatable bonds is 3. The molecule has 5 nitrogen and oxygen atoms in total. The van der Waals surface area contributed by atoms with Crippen molar-refractivity contribution in [3.63, 3.8) is 0 Å². The molecule has 0 aliphatic carbocycles. The van der Waals surface area contributed by atoms with Crippen LogP contribution in [0.3, 0.4) is 0 Å². The van der Waals surface area contributed by atoms with E-state index in [0.29, 0.717) is 16.7 Å².